The van der Waals surface area contributed by atoms with Crippen LogP contribution in [0.25, 0.3) is 11.4 Å². The van der Waals surface area contributed by atoms with Crippen LogP contribution >= 0.6 is 0 Å². The molecule has 34 heavy (non-hydrogen) atoms. The Morgan fingerprint density at radius 2 is 1.62 bits per heavy atom. The smallest absolute Gasteiger partial charge is 0.406 e. The van der Waals surface area contributed by atoms with Crippen molar-refractivity contribution in [2.24, 2.45) is 0 Å². The number of benzene rings is 2. The first-order valence-corrected chi connectivity index (χ1v) is 11.0. The van der Waals surface area contributed by atoms with Crippen LogP contribution in [0.3, 0.4) is 0 Å². The molecule has 3 aromatic rings. The molecule has 0 bridgehead atoms. The molecule has 0 radical (unpaired) electrons. The summed E-state index contributed by atoms with van der Waals surface area (Å²) in [5.74, 6) is 0.422. The maximum Gasteiger partial charge on any atom is 0.573 e. The van der Waals surface area contributed by atoms with Crippen molar-refractivity contribution in [3.8, 4) is 17.1 Å². The summed E-state index contributed by atoms with van der Waals surface area (Å²) in [6.07, 6.45) is -0.934. The third-order valence-corrected chi connectivity index (χ3v) is 5.61. The minimum absolute atomic E-state index is 0.205. The largest absolute Gasteiger partial charge is 0.573 e. The monoisotopic (exact) mass is 473 g/mol. The second-order valence-electron chi connectivity index (χ2n) is 8.05. The summed E-state index contributed by atoms with van der Waals surface area (Å²) in [7, 11) is 0. The standard InChI is InChI=1S/C24H26F3N5O2/c25-24(26,27)34-21-8-6-20(7-9-21)29-22(33)18-31-14-12-30(13-15-31)16-17-32-11-10-28-23(32)19-4-2-1-3-5-19/h1-11H,12-18H2,(H,29,33). The fourth-order valence-corrected chi connectivity index (χ4v) is 3.90. The maximum absolute atomic E-state index is 12.3. The van der Waals surface area contributed by atoms with E-state index in [2.05, 4.69) is 29.4 Å². The Balaban J connectivity index is 1.19. The lowest BCUT2D eigenvalue weighted by molar-refractivity contribution is -0.274. The molecule has 4 rings (SSSR count). The third-order valence-electron chi connectivity index (χ3n) is 5.61. The van der Waals surface area contributed by atoms with Gasteiger partial charge in [0, 0.05) is 62.9 Å². The minimum Gasteiger partial charge on any atom is -0.406 e. The highest BCUT2D eigenvalue weighted by atomic mass is 19.4. The molecular weight excluding hydrogens is 447 g/mol. The molecule has 1 aliphatic rings. The molecule has 0 aliphatic carbocycles. The zero-order valence-corrected chi connectivity index (χ0v) is 18.5. The van der Waals surface area contributed by atoms with Gasteiger partial charge in [0.2, 0.25) is 5.91 Å². The zero-order valence-electron chi connectivity index (χ0n) is 18.5. The number of imidazole rings is 1. The lowest BCUT2D eigenvalue weighted by Gasteiger charge is -2.34. The van der Waals surface area contributed by atoms with Gasteiger partial charge in [-0.15, -0.1) is 13.2 Å². The number of aromatic nitrogens is 2. The van der Waals surface area contributed by atoms with Crippen molar-refractivity contribution in [3.63, 3.8) is 0 Å². The summed E-state index contributed by atoms with van der Waals surface area (Å²) >= 11 is 0. The predicted molar refractivity (Wildman–Crippen MR) is 122 cm³/mol. The quantitative estimate of drug-likeness (QED) is 0.541. The average molecular weight is 473 g/mol. The van der Waals surface area contributed by atoms with Gasteiger partial charge in [0.25, 0.3) is 0 Å². The van der Waals surface area contributed by atoms with Crippen molar-refractivity contribution in [1.82, 2.24) is 19.4 Å². The summed E-state index contributed by atoms with van der Waals surface area (Å²) in [6.45, 7) is 5.19. The van der Waals surface area contributed by atoms with E-state index in [-0.39, 0.29) is 18.2 Å². The van der Waals surface area contributed by atoms with Crippen LogP contribution in [0, 0.1) is 0 Å². The predicted octanol–water partition coefficient (Wildman–Crippen LogP) is 3.71. The van der Waals surface area contributed by atoms with Crippen molar-refractivity contribution < 1.29 is 22.7 Å². The van der Waals surface area contributed by atoms with Gasteiger partial charge in [-0.1, -0.05) is 30.3 Å². The number of ether oxygens (including phenoxy) is 1. The number of carbonyl (C=O) groups excluding carboxylic acids is 1. The molecule has 1 aliphatic heterocycles. The molecule has 1 N–H and O–H groups in total. The number of piperazine rings is 1. The second-order valence-corrected chi connectivity index (χ2v) is 8.05. The van der Waals surface area contributed by atoms with E-state index >= 15 is 0 Å². The highest BCUT2D eigenvalue weighted by Crippen LogP contribution is 2.24. The van der Waals surface area contributed by atoms with Crippen molar-refractivity contribution >= 4 is 11.6 Å². The lowest BCUT2D eigenvalue weighted by atomic mass is 10.2. The average Bonchev–Trinajstić information content (AvgIpc) is 3.28. The van der Waals surface area contributed by atoms with E-state index in [1.165, 1.54) is 24.3 Å². The molecule has 1 saturated heterocycles. The van der Waals surface area contributed by atoms with Crippen LogP contribution in [0.15, 0.2) is 67.0 Å². The van der Waals surface area contributed by atoms with Gasteiger partial charge in [0.05, 0.1) is 6.54 Å². The number of hydrogen-bond acceptors (Lipinski definition) is 5. The Morgan fingerprint density at radius 1 is 0.941 bits per heavy atom. The summed E-state index contributed by atoms with van der Waals surface area (Å²) in [4.78, 5) is 21.3. The maximum atomic E-state index is 12.3. The Morgan fingerprint density at radius 3 is 2.29 bits per heavy atom. The van der Waals surface area contributed by atoms with E-state index in [0.717, 1.165) is 50.7 Å². The normalized spacial score (nSPS) is 15.3. The molecule has 10 heteroatoms. The minimum atomic E-state index is -4.74. The van der Waals surface area contributed by atoms with E-state index in [4.69, 9.17) is 0 Å². The van der Waals surface area contributed by atoms with Crippen LogP contribution in [0.1, 0.15) is 0 Å². The topological polar surface area (TPSA) is 62.6 Å². The van der Waals surface area contributed by atoms with E-state index in [9.17, 15) is 18.0 Å². The van der Waals surface area contributed by atoms with Crippen LogP contribution < -0.4 is 10.1 Å². The van der Waals surface area contributed by atoms with Crippen molar-refractivity contribution in [3.05, 3.63) is 67.0 Å². The number of halogens is 3. The number of anilines is 1. The first-order valence-electron chi connectivity index (χ1n) is 11.0. The molecule has 0 saturated carbocycles. The van der Waals surface area contributed by atoms with Gasteiger partial charge in [-0.05, 0) is 24.3 Å². The number of nitrogens with one attached hydrogen (secondary N) is 1. The third kappa shape index (κ3) is 6.82. The fraction of sp³-hybridized carbons (Fsp3) is 0.333. The highest BCUT2D eigenvalue weighted by Gasteiger charge is 2.31. The number of rotatable bonds is 8. The zero-order chi connectivity index (χ0) is 24.0. The number of nitrogens with zero attached hydrogens (tertiary/aromatic N) is 4. The van der Waals surface area contributed by atoms with Crippen LogP contribution in [-0.2, 0) is 11.3 Å². The van der Waals surface area contributed by atoms with E-state index < -0.39 is 6.36 Å². The Kier molecular flexibility index (Phi) is 7.49. The Bertz CT molecular complexity index is 1060. The Hall–Kier alpha value is -3.37. The van der Waals surface area contributed by atoms with Crippen molar-refractivity contribution in [2.75, 3.05) is 44.6 Å². The number of carbonyl (C=O) groups is 1. The molecule has 2 heterocycles. The summed E-state index contributed by atoms with van der Waals surface area (Å²) < 4.78 is 42.7. The number of alkyl halides is 3. The molecule has 1 aromatic heterocycles. The van der Waals surface area contributed by atoms with Gasteiger partial charge in [-0.2, -0.15) is 0 Å². The van der Waals surface area contributed by atoms with Gasteiger partial charge < -0.3 is 14.6 Å². The summed E-state index contributed by atoms with van der Waals surface area (Å²) in [5, 5.41) is 2.71. The van der Waals surface area contributed by atoms with Crippen LogP contribution in [0.4, 0.5) is 18.9 Å². The van der Waals surface area contributed by atoms with Crippen molar-refractivity contribution in [2.45, 2.75) is 12.9 Å². The van der Waals surface area contributed by atoms with Gasteiger partial charge in [-0.25, -0.2) is 4.98 Å². The van der Waals surface area contributed by atoms with Crippen LogP contribution in [-0.4, -0.2) is 70.9 Å². The van der Waals surface area contributed by atoms with Crippen LogP contribution in [0.5, 0.6) is 5.75 Å². The van der Waals surface area contributed by atoms with E-state index in [1.807, 2.05) is 42.7 Å². The fourth-order valence-electron chi connectivity index (χ4n) is 3.90. The molecular formula is C24H26F3N5O2. The van der Waals surface area contributed by atoms with Gasteiger partial charge >= 0.3 is 6.36 Å². The first-order chi connectivity index (χ1) is 16.4. The second kappa shape index (κ2) is 10.7. The highest BCUT2D eigenvalue weighted by molar-refractivity contribution is 5.92. The lowest BCUT2D eigenvalue weighted by Crippen LogP contribution is -2.49. The molecule has 0 unspecified atom stereocenters. The molecule has 1 amide bonds. The summed E-state index contributed by atoms with van der Waals surface area (Å²) in [6, 6.07) is 15.2. The molecule has 2 aromatic carbocycles. The van der Waals surface area contributed by atoms with Gasteiger partial charge in [0.15, 0.2) is 0 Å². The van der Waals surface area contributed by atoms with E-state index in [1.54, 1.807) is 0 Å². The molecule has 0 spiro atoms. The van der Waals surface area contributed by atoms with Gasteiger partial charge in [-0.3, -0.25) is 14.6 Å². The molecule has 0 atom stereocenters. The Labute approximate surface area is 195 Å². The van der Waals surface area contributed by atoms with Gasteiger partial charge in [0.1, 0.15) is 11.6 Å². The van der Waals surface area contributed by atoms with Crippen molar-refractivity contribution in [1.29, 1.82) is 0 Å². The first kappa shape index (κ1) is 23.8. The SMILES string of the molecule is O=C(CN1CCN(CCn2ccnc2-c2ccccc2)CC1)Nc1ccc(OC(F)(F)F)cc1. The summed E-state index contributed by atoms with van der Waals surface area (Å²) in [5.41, 5.74) is 1.51. The van der Waals surface area contributed by atoms with E-state index in [0.29, 0.717) is 5.69 Å². The molecule has 7 nitrogen and oxygen atoms in total. The number of amides is 1. The number of hydrogen-bond donors (Lipinski definition) is 1. The van der Waals surface area contributed by atoms with Crippen LogP contribution in [0.2, 0.25) is 0 Å². The molecule has 180 valence electrons. The molecule has 1 fully saturated rings.